The van der Waals surface area contributed by atoms with Crippen LogP contribution in [0.2, 0.25) is 0 Å². The van der Waals surface area contributed by atoms with Gasteiger partial charge in [-0.2, -0.15) is 10.7 Å². The number of hydrogen-bond acceptors (Lipinski definition) is 8. The lowest BCUT2D eigenvalue weighted by Crippen LogP contribution is -2.58. The van der Waals surface area contributed by atoms with E-state index in [4.69, 9.17) is 23.8 Å². The van der Waals surface area contributed by atoms with Crippen molar-refractivity contribution in [2.45, 2.75) is 90.8 Å². The minimum absolute atomic E-state index is 0.264. The summed E-state index contributed by atoms with van der Waals surface area (Å²) in [6, 6.07) is 5.51. The molecule has 0 aromatic heterocycles. The molecule has 1 heterocycles. The number of methoxy groups -OCH3 is 1. The Labute approximate surface area is 195 Å². The molecule has 0 fully saturated rings. The Balaban J connectivity index is 2.34. The van der Waals surface area contributed by atoms with E-state index < -0.39 is 35.0 Å². The first-order valence-corrected chi connectivity index (χ1v) is 10.8. The molecule has 0 radical (unpaired) electrons. The Morgan fingerprint density at radius 1 is 1.12 bits per heavy atom. The summed E-state index contributed by atoms with van der Waals surface area (Å²) in [4.78, 5) is 31.0. The molecular weight excluding hydrogens is 428 g/mol. The minimum Gasteiger partial charge on any atom is -0.486 e. The van der Waals surface area contributed by atoms with Crippen LogP contribution in [0.25, 0.3) is 0 Å². The van der Waals surface area contributed by atoms with Gasteiger partial charge in [-0.15, -0.1) is 0 Å². The maximum Gasteiger partial charge on any atom is 0.431 e. The number of rotatable bonds is 6. The van der Waals surface area contributed by atoms with Gasteiger partial charge in [0.1, 0.15) is 23.1 Å². The van der Waals surface area contributed by atoms with Gasteiger partial charge >= 0.3 is 12.1 Å². The monoisotopic (exact) mass is 462 g/mol. The van der Waals surface area contributed by atoms with Crippen molar-refractivity contribution in [2.75, 3.05) is 7.11 Å². The van der Waals surface area contributed by atoms with Crippen LogP contribution in [0.5, 0.6) is 5.75 Å². The first kappa shape index (κ1) is 26.4. The van der Waals surface area contributed by atoms with E-state index in [1.807, 2.05) is 0 Å². The van der Waals surface area contributed by atoms with E-state index in [-0.39, 0.29) is 6.61 Å². The summed E-state index contributed by atoms with van der Waals surface area (Å²) in [6.07, 6.45) is -0.722. The molecule has 1 amide bonds. The number of nitrogens with one attached hydrogen (secondary N) is 1. The van der Waals surface area contributed by atoms with Crippen molar-refractivity contribution in [3.63, 3.8) is 0 Å². The smallest absolute Gasteiger partial charge is 0.431 e. The quantitative estimate of drug-likeness (QED) is 0.499. The van der Waals surface area contributed by atoms with Gasteiger partial charge in [0.15, 0.2) is 0 Å². The molecule has 0 unspecified atom stereocenters. The van der Waals surface area contributed by atoms with Crippen molar-refractivity contribution in [3.8, 4) is 11.8 Å². The van der Waals surface area contributed by atoms with Crippen molar-refractivity contribution in [2.24, 2.45) is 0 Å². The Hall–Kier alpha value is -2.83. The molecule has 0 saturated carbocycles. The fraction of sp³-hybridized carbons (Fsp3) is 0.625. The zero-order chi connectivity index (χ0) is 25.0. The van der Waals surface area contributed by atoms with E-state index in [9.17, 15) is 14.9 Å². The second kappa shape index (κ2) is 9.98. The normalized spacial score (nSPS) is 17.6. The van der Waals surface area contributed by atoms with E-state index in [1.165, 1.54) is 6.92 Å². The number of fused-ring (bicyclic) bond motifs is 1. The SMILES string of the molecule is COCc1c(C#N)ccc2c1CC[C@H]([C@](C)(ONC(=O)OC(C)(C)C)C(=O)OC(C)(C)C)O2. The highest BCUT2D eigenvalue weighted by atomic mass is 16.7. The van der Waals surface area contributed by atoms with Crippen molar-refractivity contribution in [1.29, 1.82) is 5.26 Å². The van der Waals surface area contributed by atoms with Crippen LogP contribution < -0.4 is 10.2 Å². The largest absolute Gasteiger partial charge is 0.486 e. The van der Waals surface area contributed by atoms with Gasteiger partial charge < -0.3 is 18.9 Å². The van der Waals surface area contributed by atoms with Crippen LogP contribution in [-0.2, 0) is 36.9 Å². The molecule has 2 rings (SSSR count). The second-order valence-corrected chi connectivity index (χ2v) is 10.1. The van der Waals surface area contributed by atoms with Crippen LogP contribution in [0.1, 0.15) is 71.6 Å². The topological polar surface area (TPSA) is 116 Å². The number of nitrogens with zero attached hydrogens (tertiary/aromatic N) is 1. The molecule has 0 bridgehead atoms. The predicted octanol–water partition coefficient (Wildman–Crippen LogP) is 3.95. The number of hydrogen-bond donors (Lipinski definition) is 1. The number of carbonyl (C=O) groups is 2. The second-order valence-electron chi connectivity index (χ2n) is 10.1. The van der Waals surface area contributed by atoms with Gasteiger partial charge in [-0.3, -0.25) is 0 Å². The van der Waals surface area contributed by atoms with Crippen LogP contribution >= 0.6 is 0 Å². The fourth-order valence-corrected chi connectivity index (χ4v) is 3.41. The Morgan fingerprint density at radius 3 is 2.30 bits per heavy atom. The third kappa shape index (κ3) is 6.83. The molecule has 0 spiro atoms. The van der Waals surface area contributed by atoms with E-state index >= 15 is 0 Å². The van der Waals surface area contributed by atoms with Gasteiger partial charge in [0, 0.05) is 18.2 Å². The summed E-state index contributed by atoms with van der Waals surface area (Å²) < 4.78 is 22.2. The molecule has 182 valence electrons. The highest BCUT2D eigenvalue weighted by molar-refractivity contribution is 5.81. The lowest BCUT2D eigenvalue weighted by atomic mass is 9.88. The number of esters is 1. The first-order valence-electron chi connectivity index (χ1n) is 10.8. The van der Waals surface area contributed by atoms with Crippen molar-refractivity contribution >= 4 is 12.1 Å². The molecule has 9 heteroatoms. The van der Waals surface area contributed by atoms with Crippen LogP contribution in [0.15, 0.2) is 12.1 Å². The molecular formula is C24H34N2O7. The number of hydroxylamine groups is 1. The zero-order valence-corrected chi connectivity index (χ0v) is 20.7. The van der Waals surface area contributed by atoms with Crippen molar-refractivity contribution in [1.82, 2.24) is 5.48 Å². The van der Waals surface area contributed by atoms with Gasteiger partial charge in [0.05, 0.1) is 18.2 Å². The van der Waals surface area contributed by atoms with Gasteiger partial charge in [0.25, 0.3) is 0 Å². The van der Waals surface area contributed by atoms with Crippen molar-refractivity contribution < 1.29 is 33.4 Å². The van der Waals surface area contributed by atoms with Crippen LogP contribution in [0.4, 0.5) is 4.79 Å². The van der Waals surface area contributed by atoms with E-state index in [0.29, 0.717) is 24.2 Å². The molecule has 2 atom stereocenters. The lowest BCUT2D eigenvalue weighted by Gasteiger charge is -2.39. The average molecular weight is 463 g/mol. The molecule has 1 N–H and O–H groups in total. The molecule has 1 aromatic rings. The third-order valence-corrected chi connectivity index (χ3v) is 4.89. The van der Waals surface area contributed by atoms with E-state index in [1.54, 1.807) is 60.8 Å². The standard InChI is InChI=1S/C24H34N2O7/c1-22(2,3)31-20(27)24(7,33-26-21(28)32-23(4,5)6)19-12-10-16-17(14-29-8)15(13-25)9-11-18(16)30-19/h9,11,19H,10,12,14H2,1-8H3,(H,26,28)/t19-,24+/m1/s1. The molecule has 9 nitrogen and oxygen atoms in total. The third-order valence-electron chi connectivity index (χ3n) is 4.89. The van der Waals surface area contributed by atoms with Gasteiger partial charge in [-0.05, 0) is 73.4 Å². The molecule has 33 heavy (non-hydrogen) atoms. The van der Waals surface area contributed by atoms with Gasteiger partial charge in [0.2, 0.25) is 5.60 Å². The van der Waals surface area contributed by atoms with Crippen LogP contribution in [0.3, 0.4) is 0 Å². The summed E-state index contributed by atoms with van der Waals surface area (Å²) in [5.41, 5.74) is 1.12. The van der Waals surface area contributed by atoms with Crippen LogP contribution in [-0.4, -0.2) is 42.1 Å². The predicted molar refractivity (Wildman–Crippen MR) is 119 cm³/mol. The fourth-order valence-electron chi connectivity index (χ4n) is 3.41. The summed E-state index contributed by atoms with van der Waals surface area (Å²) in [5, 5.41) is 9.43. The maximum absolute atomic E-state index is 13.2. The summed E-state index contributed by atoms with van der Waals surface area (Å²) in [6.45, 7) is 12.1. The number of carbonyl (C=O) groups excluding carboxylic acids is 2. The number of amides is 1. The molecule has 0 saturated heterocycles. The van der Waals surface area contributed by atoms with Crippen molar-refractivity contribution in [3.05, 3.63) is 28.8 Å². The number of benzene rings is 1. The molecule has 0 aliphatic carbocycles. The Kier molecular flexibility index (Phi) is 7.99. The highest BCUT2D eigenvalue weighted by Crippen LogP contribution is 2.37. The van der Waals surface area contributed by atoms with Gasteiger partial charge in [-0.1, -0.05) is 0 Å². The Morgan fingerprint density at radius 2 is 1.76 bits per heavy atom. The number of ether oxygens (including phenoxy) is 4. The molecule has 1 aliphatic rings. The summed E-state index contributed by atoms with van der Waals surface area (Å²) in [5.74, 6) is -0.168. The maximum atomic E-state index is 13.2. The van der Waals surface area contributed by atoms with Crippen LogP contribution in [0, 0.1) is 11.3 Å². The van der Waals surface area contributed by atoms with Gasteiger partial charge in [-0.25, -0.2) is 14.4 Å². The first-order chi connectivity index (χ1) is 15.2. The molecule has 1 aliphatic heterocycles. The van der Waals surface area contributed by atoms with E-state index in [2.05, 4.69) is 11.5 Å². The zero-order valence-electron chi connectivity index (χ0n) is 20.7. The Bertz CT molecular complexity index is 924. The number of nitriles is 1. The van der Waals surface area contributed by atoms with E-state index in [0.717, 1.165) is 11.1 Å². The minimum atomic E-state index is -1.67. The highest BCUT2D eigenvalue weighted by Gasteiger charge is 2.50. The molecule has 1 aromatic carbocycles. The summed E-state index contributed by atoms with van der Waals surface area (Å²) >= 11 is 0. The average Bonchev–Trinajstić information content (AvgIpc) is 2.69. The summed E-state index contributed by atoms with van der Waals surface area (Å²) in [7, 11) is 1.56. The lowest BCUT2D eigenvalue weighted by molar-refractivity contribution is -0.205.